The molecule has 0 aromatic heterocycles. The second-order valence-corrected chi connectivity index (χ2v) is 8.27. The molecule has 6 heteroatoms. The van der Waals surface area contributed by atoms with Crippen LogP contribution in [-0.2, 0) is 16.1 Å². The highest BCUT2D eigenvalue weighted by Crippen LogP contribution is 2.20. The van der Waals surface area contributed by atoms with Crippen molar-refractivity contribution in [3.05, 3.63) is 65.0 Å². The zero-order valence-electron chi connectivity index (χ0n) is 19.1. The van der Waals surface area contributed by atoms with Gasteiger partial charge in [0.1, 0.15) is 17.6 Å². The maximum absolute atomic E-state index is 13.3. The van der Waals surface area contributed by atoms with Crippen molar-refractivity contribution >= 4 is 11.8 Å². The fourth-order valence-electron chi connectivity index (χ4n) is 3.21. The van der Waals surface area contributed by atoms with Crippen LogP contribution in [0, 0.1) is 25.6 Å². The van der Waals surface area contributed by atoms with E-state index < -0.39 is 6.04 Å². The van der Waals surface area contributed by atoms with Crippen LogP contribution < -0.4 is 10.1 Å². The first kappa shape index (κ1) is 24.4. The summed E-state index contributed by atoms with van der Waals surface area (Å²) in [5, 5.41) is 2.92. The van der Waals surface area contributed by atoms with Gasteiger partial charge in [0.05, 0.1) is 0 Å². The number of amides is 2. The molecule has 168 valence electrons. The minimum Gasteiger partial charge on any atom is -0.483 e. The van der Waals surface area contributed by atoms with E-state index in [0.717, 1.165) is 16.7 Å². The Morgan fingerprint density at radius 1 is 1.10 bits per heavy atom. The number of ether oxygens (including phenoxy) is 1. The number of rotatable bonds is 10. The van der Waals surface area contributed by atoms with Gasteiger partial charge in [0.25, 0.3) is 5.91 Å². The van der Waals surface area contributed by atoms with Crippen molar-refractivity contribution in [1.82, 2.24) is 10.2 Å². The fraction of sp³-hybridized carbons (Fsp3) is 0.440. The van der Waals surface area contributed by atoms with Gasteiger partial charge in [-0.25, -0.2) is 4.39 Å². The molecule has 31 heavy (non-hydrogen) atoms. The number of nitrogens with one attached hydrogen (secondary N) is 1. The summed E-state index contributed by atoms with van der Waals surface area (Å²) in [6.45, 7) is 10.3. The Labute approximate surface area is 184 Å². The minimum absolute atomic E-state index is 0.181. The largest absolute Gasteiger partial charge is 0.483 e. The van der Waals surface area contributed by atoms with Crippen LogP contribution >= 0.6 is 0 Å². The zero-order valence-corrected chi connectivity index (χ0v) is 19.1. The van der Waals surface area contributed by atoms with Gasteiger partial charge >= 0.3 is 0 Å². The lowest BCUT2D eigenvalue weighted by Gasteiger charge is -2.31. The second-order valence-electron chi connectivity index (χ2n) is 8.27. The van der Waals surface area contributed by atoms with Crippen LogP contribution in [0.1, 0.15) is 43.9 Å². The predicted octanol–water partition coefficient (Wildman–Crippen LogP) is 4.40. The van der Waals surface area contributed by atoms with Crippen LogP contribution in [0.5, 0.6) is 5.75 Å². The average Bonchev–Trinajstić information content (AvgIpc) is 2.73. The molecule has 0 heterocycles. The lowest BCUT2D eigenvalue weighted by Crippen LogP contribution is -2.50. The molecule has 0 saturated heterocycles. The van der Waals surface area contributed by atoms with Crippen molar-refractivity contribution in [3.8, 4) is 5.75 Å². The van der Waals surface area contributed by atoms with E-state index in [9.17, 15) is 14.0 Å². The molecule has 2 rings (SSSR count). The summed E-state index contributed by atoms with van der Waals surface area (Å²) in [5.41, 5.74) is 2.72. The molecule has 0 aliphatic heterocycles. The van der Waals surface area contributed by atoms with Gasteiger partial charge in [-0.2, -0.15) is 0 Å². The van der Waals surface area contributed by atoms with Crippen LogP contribution in [-0.4, -0.2) is 35.9 Å². The monoisotopic (exact) mass is 428 g/mol. The first-order valence-corrected chi connectivity index (χ1v) is 10.7. The van der Waals surface area contributed by atoms with E-state index in [2.05, 4.69) is 5.32 Å². The molecule has 0 bridgehead atoms. The van der Waals surface area contributed by atoms with E-state index >= 15 is 0 Å². The zero-order chi connectivity index (χ0) is 23.0. The summed E-state index contributed by atoms with van der Waals surface area (Å²) in [5.74, 6) is 0.111. The normalized spacial score (nSPS) is 11.8. The first-order chi connectivity index (χ1) is 14.7. The van der Waals surface area contributed by atoms with Crippen molar-refractivity contribution in [2.45, 2.75) is 53.6 Å². The van der Waals surface area contributed by atoms with Crippen molar-refractivity contribution in [2.75, 3.05) is 13.2 Å². The highest BCUT2D eigenvalue weighted by molar-refractivity contribution is 5.88. The number of hydrogen-bond donors (Lipinski definition) is 1. The van der Waals surface area contributed by atoms with Crippen molar-refractivity contribution in [1.29, 1.82) is 0 Å². The lowest BCUT2D eigenvalue weighted by atomic mass is 10.1. The Bertz CT molecular complexity index is 881. The minimum atomic E-state index is -0.640. The molecule has 5 nitrogen and oxygen atoms in total. The Morgan fingerprint density at radius 2 is 1.77 bits per heavy atom. The molecule has 2 amide bonds. The van der Waals surface area contributed by atoms with E-state index in [4.69, 9.17) is 4.74 Å². The third kappa shape index (κ3) is 7.39. The third-order valence-electron chi connectivity index (χ3n) is 5.03. The topological polar surface area (TPSA) is 58.6 Å². The Morgan fingerprint density at radius 3 is 2.39 bits per heavy atom. The van der Waals surface area contributed by atoms with E-state index in [1.807, 2.05) is 52.8 Å². The number of nitrogens with zero attached hydrogens (tertiary/aromatic N) is 1. The summed E-state index contributed by atoms with van der Waals surface area (Å²) in [6, 6.07) is 11.1. The van der Waals surface area contributed by atoms with E-state index in [0.29, 0.717) is 24.6 Å². The number of carbonyl (C=O) groups is 2. The number of halogens is 1. The molecule has 0 spiro atoms. The highest BCUT2D eigenvalue weighted by atomic mass is 19.1. The summed E-state index contributed by atoms with van der Waals surface area (Å²) < 4.78 is 19.1. The van der Waals surface area contributed by atoms with Crippen LogP contribution in [0.25, 0.3) is 0 Å². The molecular weight excluding hydrogens is 395 g/mol. The van der Waals surface area contributed by atoms with Gasteiger partial charge in [0, 0.05) is 13.1 Å². The molecule has 2 aromatic rings. The number of carbonyl (C=O) groups excluding carboxylic acids is 2. The molecule has 1 atom stereocenters. The van der Waals surface area contributed by atoms with Crippen molar-refractivity contribution in [3.63, 3.8) is 0 Å². The fourth-order valence-corrected chi connectivity index (χ4v) is 3.21. The van der Waals surface area contributed by atoms with Gasteiger partial charge in [-0.05, 0) is 61.1 Å². The van der Waals surface area contributed by atoms with Crippen LogP contribution in [0.2, 0.25) is 0 Å². The van der Waals surface area contributed by atoms with Crippen LogP contribution in [0.15, 0.2) is 42.5 Å². The quantitative estimate of drug-likeness (QED) is 0.610. The summed E-state index contributed by atoms with van der Waals surface area (Å²) >= 11 is 0. The van der Waals surface area contributed by atoms with E-state index in [1.165, 1.54) is 17.0 Å². The lowest BCUT2D eigenvalue weighted by molar-refractivity contribution is -0.143. The molecule has 0 unspecified atom stereocenters. The molecule has 0 fully saturated rings. The molecule has 1 N–H and O–H groups in total. The Balaban J connectivity index is 2.21. The van der Waals surface area contributed by atoms with Gasteiger partial charge in [-0.3, -0.25) is 9.59 Å². The summed E-state index contributed by atoms with van der Waals surface area (Å²) in [6.07, 6.45) is 0.459. The molecule has 2 aromatic carbocycles. The van der Waals surface area contributed by atoms with E-state index in [1.54, 1.807) is 12.1 Å². The Hall–Kier alpha value is -2.89. The van der Waals surface area contributed by atoms with Crippen LogP contribution in [0.4, 0.5) is 4.39 Å². The van der Waals surface area contributed by atoms with Gasteiger partial charge in [0.15, 0.2) is 6.61 Å². The Kier molecular flexibility index (Phi) is 9.03. The molecule has 0 aliphatic rings. The average molecular weight is 429 g/mol. The maximum Gasteiger partial charge on any atom is 0.261 e. The third-order valence-corrected chi connectivity index (χ3v) is 5.03. The highest BCUT2D eigenvalue weighted by Gasteiger charge is 2.29. The standard InChI is InChI=1S/C25H33FN2O3/c1-6-22(25(30)27-14-17(2)3)28(15-20-9-11-21(26)12-10-20)24(29)16-31-23-13-18(4)7-8-19(23)5/h7-13,17,22H,6,14-16H2,1-5H3,(H,27,30)/t22-/m0/s1. The van der Waals surface area contributed by atoms with Gasteiger partial charge in [-0.15, -0.1) is 0 Å². The predicted molar refractivity (Wildman–Crippen MR) is 120 cm³/mol. The molecule has 0 radical (unpaired) electrons. The van der Waals surface area contributed by atoms with Crippen molar-refractivity contribution < 1.29 is 18.7 Å². The smallest absolute Gasteiger partial charge is 0.261 e. The number of hydrogen-bond acceptors (Lipinski definition) is 3. The molecule has 0 aliphatic carbocycles. The van der Waals surface area contributed by atoms with E-state index in [-0.39, 0.29) is 30.8 Å². The SMILES string of the molecule is CC[C@@H](C(=O)NCC(C)C)N(Cc1ccc(F)cc1)C(=O)COc1cc(C)ccc1C. The summed E-state index contributed by atoms with van der Waals surface area (Å²) in [7, 11) is 0. The maximum atomic E-state index is 13.3. The number of benzene rings is 2. The number of aryl methyl sites for hydroxylation is 2. The van der Waals surface area contributed by atoms with Gasteiger partial charge in [0.2, 0.25) is 5.91 Å². The second kappa shape index (κ2) is 11.5. The van der Waals surface area contributed by atoms with Crippen molar-refractivity contribution in [2.24, 2.45) is 5.92 Å². The molecular formula is C25H33FN2O3. The first-order valence-electron chi connectivity index (χ1n) is 10.7. The van der Waals surface area contributed by atoms with Crippen LogP contribution in [0.3, 0.4) is 0 Å². The summed E-state index contributed by atoms with van der Waals surface area (Å²) in [4.78, 5) is 27.5. The molecule has 0 saturated carbocycles. The van der Waals surface area contributed by atoms with Gasteiger partial charge in [-0.1, -0.05) is 45.0 Å². The van der Waals surface area contributed by atoms with Gasteiger partial charge < -0.3 is 15.0 Å².